The molecule has 0 bridgehead atoms. The van der Waals surface area contributed by atoms with Crippen molar-refractivity contribution in [2.24, 2.45) is 0 Å². The Labute approximate surface area is 132 Å². The minimum Gasteiger partial charge on any atom is -0.332 e. The second-order valence-corrected chi connectivity index (χ2v) is 8.41. The Hall–Kier alpha value is -0.960. The summed E-state index contributed by atoms with van der Waals surface area (Å²) in [6.45, 7) is 8.51. The number of rotatable bonds is 4. The lowest BCUT2D eigenvalue weighted by molar-refractivity contribution is 0.147. The van der Waals surface area contributed by atoms with Gasteiger partial charge in [0.2, 0.25) is 10.0 Å². The number of aromatic nitrogens is 2. The Balaban J connectivity index is 1.66. The molecule has 3 heterocycles. The van der Waals surface area contributed by atoms with Crippen LogP contribution in [0.25, 0.3) is 0 Å². The second-order valence-electron chi connectivity index (χ2n) is 6.16. The Kier molecular flexibility index (Phi) is 4.54. The first-order chi connectivity index (χ1) is 10.5. The first-order valence-electron chi connectivity index (χ1n) is 7.91. The highest BCUT2D eigenvalue weighted by Crippen LogP contribution is 2.17. The van der Waals surface area contributed by atoms with Crippen molar-refractivity contribution < 1.29 is 8.42 Å². The third-order valence-corrected chi connectivity index (χ3v) is 6.38. The fraction of sp³-hybridized carbons (Fsp3) is 0.786. The van der Waals surface area contributed by atoms with Gasteiger partial charge in [0, 0.05) is 52.0 Å². The first-order valence-corrected chi connectivity index (χ1v) is 9.52. The highest BCUT2D eigenvalue weighted by molar-refractivity contribution is 7.89. The van der Waals surface area contributed by atoms with Gasteiger partial charge in [0.05, 0.1) is 18.0 Å². The zero-order valence-corrected chi connectivity index (χ0v) is 14.2. The molecular weight excluding hydrogens is 302 g/mol. The van der Waals surface area contributed by atoms with E-state index in [1.54, 1.807) is 11.2 Å². The lowest BCUT2D eigenvalue weighted by Gasteiger charge is -2.31. The molecule has 0 aliphatic carbocycles. The molecular formula is C14H25N5O2S. The number of imidazole rings is 1. The number of nitrogens with zero attached hydrogens (tertiary/aromatic N) is 5. The molecule has 0 atom stereocenters. The second kappa shape index (κ2) is 6.27. The molecule has 0 saturated carbocycles. The molecule has 1 aromatic heterocycles. The number of likely N-dealkylation sites (N-methyl/N-ethyl adjacent to an activating group) is 1. The summed E-state index contributed by atoms with van der Waals surface area (Å²) in [7, 11) is -0.976. The van der Waals surface area contributed by atoms with E-state index >= 15 is 0 Å². The van der Waals surface area contributed by atoms with Gasteiger partial charge in [-0.15, -0.1) is 0 Å². The molecule has 0 N–H and O–H groups in total. The van der Waals surface area contributed by atoms with Gasteiger partial charge in [-0.25, -0.2) is 13.4 Å². The van der Waals surface area contributed by atoms with E-state index in [1.165, 1.54) is 0 Å². The molecule has 1 aromatic rings. The molecule has 22 heavy (non-hydrogen) atoms. The number of hydrogen-bond donors (Lipinski definition) is 0. The van der Waals surface area contributed by atoms with Crippen molar-refractivity contribution in [1.82, 2.24) is 23.7 Å². The van der Waals surface area contributed by atoms with Crippen molar-refractivity contribution in [2.75, 3.05) is 45.5 Å². The van der Waals surface area contributed by atoms with Crippen LogP contribution in [-0.4, -0.2) is 77.6 Å². The molecule has 0 unspecified atom stereocenters. The summed E-state index contributed by atoms with van der Waals surface area (Å²) in [5.41, 5.74) is 1.05. The highest BCUT2D eigenvalue weighted by Gasteiger charge is 2.27. The Morgan fingerprint density at radius 3 is 2.55 bits per heavy atom. The zero-order valence-electron chi connectivity index (χ0n) is 13.4. The quantitative estimate of drug-likeness (QED) is 0.766. The van der Waals surface area contributed by atoms with Crippen molar-refractivity contribution in [2.45, 2.75) is 26.6 Å². The van der Waals surface area contributed by atoms with Gasteiger partial charge in [0.25, 0.3) is 0 Å². The highest BCUT2D eigenvalue weighted by atomic mass is 32.2. The number of fused-ring (bicyclic) bond motifs is 1. The molecule has 2 aliphatic rings. The summed E-state index contributed by atoms with van der Waals surface area (Å²) in [6.07, 6.45) is 2.09. The fourth-order valence-electron chi connectivity index (χ4n) is 3.02. The molecule has 0 aromatic carbocycles. The monoisotopic (exact) mass is 327 g/mol. The van der Waals surface area contributed by atoms with Crippen LogP contribution in [0.4, 0.5) is 0 Å². The average molecular weight is 327 g/mol. The molecule has 124 valence electrons. The maximum absolute atomic E-state index is 12.0. The van der Waals surface area contributed by atoms with Crippen molar-refractivity contribution in [3.8, 4) is 0 Å². The van der Waals surface area contributed by atoms with Crippen LogP contribution in [0.1, 0.15) is 18.4 Å². The molecule has 2 aliphatic heterocycles. The predicted octanol–water partition coefficient (Wildman–Crippen LogP) is -0.204. The van der Waals surface area contributed by atoms with Gasteiger partial charge in [-0.2, -0.15) is 4.31 Å². The van der Waals surface area contributed by atoms with E-state index in [0.717, 1.165) is 44.2 Å². The van der Waals surface area contributed by atoms with Crippen LogP contribution in [0.5, 0.6) is 0 Å². The number of piperazine rings is 1. The smallest absolute Gasteiger partial charge is 0.214 e. The minimum atomic E-state index is -3.12. The van der Waals surface area contributed by atoms with Crippen LogP contribution in [0, 0.1) is 0 Å². The van der Waals surface area contributed by atoms with Crippen LogP contribution in [0.15, 0.2) is 6.20 Å². The average Bonchev–Trinajstić information content (AvgIpc) is 2.91. The van der Waals surface area contributed by atoms with Crippen molar-refractivity contribution in [3.63, 3.8) is 0 Å². The number of hydrogen-bond acceptors (Lipinski definition) is 5. The summed E-state index contributed by atoms with van der Waals surface area (Å²) >= 11 is 0. The SMILES string of the molecule is CCS(=O)(=O)N1CCn2cc(CN3CCN(C)CC3)nc2C1. The van der Waals surface area contributed by atoms with E-state index in [1.807, 2.05) is 0 Å². The zero-order chi connectivity index (χ0) is 15.7. The fourth-order valence-corrected chi connectivity index (χ4v) is 4.06. The first kappa shape index (κ1) is 15.9. The Bertz CT molecular complexity index is 619. The van der Waals surface area contributed by atoms with Crippen LogP contribution < -0.4 is 0 Å². The molecule has 1 saturated heterocycles. The van der Waals surface area contributed by atoms with Gasteiger partial charge < -0.3 is 9.47 Å². The lowest BCUT2D eigenvalue weighted by Crippen LogP contribution is -2.43. The minimum absolute atomic E-state index is 0.155. The van der Waals surface area contributed by atoms with Gasteiger partial charge in [-0.05, 0) is 14.0 Å². The van der Waals surface area contributed by atoms with E-state index in [2.05, 4.69) is 32.6 Å². The van der Waals surface area contributed by atoms with Crippen LogP contribution in [0.2, 0.25) is 0 Å². The summed E-state index contributed by atoms with van der Waals surface area (Å²) in [6, 6.07) is 0. The maximum atomic E-state index is 12.0. The summed E-state index contributed by atoms with van der Waals surface area (Å²) < 4.78 is 27.6. The van der Waals surface area contributed by atoms with Crippen molar-refractivity contribution >= 4 is 10.0 Å². The van der Waals surface area contributed by atoms with Crippen molar-refractivity contribution in [1.29, 1.82) is 0 Å². The Morgan fingerprint density at radius 1 is 1.14 bits per heavy atom. The molecule has 3 rings (SSSR count). The van der Waals surface area contributed by atoms with Crippen molar-refractivity contribution in [3.05, 3.63) is 17.7 Å². The van der Waals surface area contributed by atoms with Gasteiger partial charge in [-0.3, -0.25) is 4.90 Å². The van der Waals surface area contributed by atoms with Crippen LogP contribution in [0.3, 0.4) is 0 Å². The van der Waals surface area contributed by atoms with E-state index in [4.69, 9.17) is 0 Å². The van der Waals surface area contributed by atoms with E-state index in [0.29, 0.717) is 19.6 Å². The molecule has 0 radical (unpaired) electrons. The predicted molar refractivity (Wildman–Crippen MR) is 84.9 cm³/mol. The number of sulfonamides is 1. The van der Waals surface area contributed by atoms with E-state index in [9.17, 15) is 8.42 Å². The third kappa shape index (κ3) is 3.34. The van der Waals surface area contributed by atoms with Crippen LogP contribution >= 0.6 is 0 Å². The van der Waals surface area contributed by atoms with E-state index in [-0.39, 0.29) is 5.75 Å². The van der Waals surface area contributed by atoms with E-state index < -0.39 is 10.0 Å². The van der Waals surface area contributed by atoms with Gasteiger partial charge in [-0.1, -0.05) is 0 Å². The normalized spacial score (nSPS) is 21.9. The summed E-state index contributed by atoms with van der Waals surface area (Å²) in [4.78, 5) is 9.41. The molecule has 0 spiro atoms. The standard InChI is InChI=1S/C14H25N5O2S/c1-3-22(20,21)19-9-8-18-11-13(15-14(18)12-19)10-17-6-4-16(2)5-7-17/h11H,3-10,12H2,1-2H3. The molecule has 8 heteroatoms. The summed E-state index contributed by atoms with van der Waals surface area (Å²) in [5.74, 6) is 1.02. The third-order valence-electron chi connectivity index (χ3n) is 4.56. The largest absolute Gasteiger partial charge is 0.332 e. The maximum Gasteiger partial charge on any atom is 0.214 e. The molecule has 1 fully saturated rings. The Morgan fingerprint density at radius 2 is 1.86 bits per heavy atom. The lowest BCUT2D eigenvalue weighted by atomic mass is 10.3. The van der Waals surface area contributed by atoms with Gasteiger partial charge in [0.1, 0.15) is 5.82 Å². The topological polar surface area (TPSA) is 61.7 Å². The molecule has 0 amide bonds. The van der Waals surface area contributed by atoms with Gasteiger partial charge in [0.15, 0.2) is 0 Å². The van der Waals surface area contributed by atoms with Gasteiger partial charge >= 0.3 is 0 Å². The van der Waals surface area contributed by atoms with Crippen LogP contribution in [-0.2, 0) is 29.7 Å². The molecule has 7 nitrogen and oxygen atoms in total. The summed E-state index contributed by atoms with van der Waals surface area (Å²) in [5, 5.41) is 0.